The zero-order valence-corrected chi connectivity index (χ0v) is 9.18. The van der Waals surface area contributed by atoms with Gasteiger partial charge in [-0.3, -0.25) is 15.4 Å². The normalized spacial score (nSPS) is 12.1. The van der Waals surface area contributed by atoms with E-state index in [2.05, 4.69) is 5.32 Å². The molecule has 0 fully saturated rings. The smallest absolute Gasteiger partial charge is 0.275 e. The molecule has 0 saturated carbocycles. The zero-order chi connectivity index (χ0) is 12.1. The predicted molar refractivity (Wildman–Crippen MR) is 59.7 cm³/mol. The number of nitro benzene ring substituents is 1. The summed E-state index contributed by atoms with van der Waals surface area (Å²) in [6.45, 7) is 3.78. The van der Waals surface area contributed by atoms with E-state index in [0.717, 1.165) is 0 Å². The van der Waals surface area contributed by atoms with Crippen LogP contribution in [0.15, 0.2) is 24.3 Å². The Balaban J connectivity index is 3.10. The maximum Gasteiger partial charge on any atom is 0.275 e. The van der Waals surface area contributed by atoms with Crippen LogP contribution in [0.1, 0.15) is 25.5 Å². The van der Waals surface area contributed by atoms with Crippen molar-refractivity contribution in [1.82, 2.24) is 5.32 Å². The van der Waals surface area contributed by atoms with Crippen LogP contribution >= 0.6 is 0 Å². The number of hydrogen-bond acceptors (Lipinski definition) is 4. The highest BCUT2D eigenvalue weighted by molar-refractivity contribution is 5.44. The second kappa shape index (κ2) is 5.24. The van der Waals surface area contributed by atoms with E-state index in [4.69, 9.17) is 5.26 Å². The highest BCUT2D eigenvalue weighted by atomic mass is 16.6. The molecule has 1 atom stereocenters. The van der Waals surface area contributed by atoms with E-state index < -0.39 is 11.0 Å². The van der Waals surface area contributed by atoms with Gasteiger partial charge < -0.3 is 0 Å². The van der Waals surface area contributed by atoms with Crippen LogP contribution in [0.3, 0.4) is 0 Å². The molecule has 0 aliphatic heterocycles. The monoisotopic (exact) mass is 219 g/mol. The summed E-state index contributed by atoms with van der Waals surface area (Å²) in [6.07, 6.45) is 0. The molecule has 0 saturated heterocycles. The summed E-state index contributed by atoms with van der Waals surface area (Å²) in [5.41, 5.74) is 0.380. The molecule has 0 spiro atoms. The van der Waals surface area contributed by atoms with Gasteiger partial charge in [0.05, 0.1) is 16.6 Å². The van der Waals surface area contributed by atoms with Crippen LogP contribution in [0.4, 0.5) is 5.69 Å². The Labute approximate surface area is 93.9 Å². The lowest BCUT2D eigenvalue weighted by atomic mass is 10.1. The third-order valence-electron chi connectivity index (χ3n) is 2.07. The van der Waals surface area contributed by atoms with E-state index in [1.54, 1.807) is 18.2 Å². The summed E-state index contributed by atoms with van der Waals surface area (Å²) in [5.74, 6) is 0. The number of nitrogens with one attached hydrogen (secondary N) is 1. The predicted octanol–water partition coefficient (Wildman–Crippen LogP) is 2.16. The fraction of sp³-hybridized carbons (Fsp3) is 0.364. The van der Waals surface area contributed by atoms with Crippen molar-refractivity contribution in [2.45, 2.75) is 25.9 Å². The summed E-state index contributed by atoms with van der Waals surface area (Å²) in [6, 6.07) is 7.75. The lowest BCUT2D eigenvalue weighted by Crippen LogP contribution is -2.27. The molecule has 84 valence electrons. The van der Waals surface area contributed by atoms with Crippen LogP contribution in [0.25, 0.3) is 0 Å². The number of rotatable bonds is 4. The Morgan fingerprint density at radius 3 is 2.56 bits per heavy atom. The summed E-state index contributed by atoms with van der Waals surface area (Å²) in [5, 5.41) is 22.8. The molecule has 0 heterocycles. The number of para-hydroxylation sites is 1. The van der Waals surface area contributed by atoms with Crippen molar-refractivity contribution in [2.75, 3.05) is 0 Å². The van der Waals surface area contributed by atoms with Crippen LogP contribution in [0.2, 0.25) is 0 Å². The van der Waals surface area contributed by atoms with Gasteiger partial charge in [0.15, 0.2) is 0 Å². The van der Waals surface area contributed by atoms with Gasteiger partial charge in [0.2, 0.25) is 0 Å². The molecule has 1 aromatic carbocycles. The average molecular weight is 219 g/mol. The maximum absolute atomic E-state index is 10.8. The van der Waals surface area contributed by atoms with Gasteiger partial charge in [-0.1, -0.05) is 12.1 Å². The standard InChI is InChI=1S/C11H13N3O2/c1-8(2)13-10(7-12)9-5-3-4-6-11(9)14(15)16/h3-6,8,10,13H,1-2H3. The summed E-state index contributed by atoms with van der Waals surface area (Å²) in [4.78, 5) is 10.3. The molecule has 0 radical (unpaired) electrons. The van der Waals surface area contributed by atoms with Gasteiger partial charge in [-0.2, -0.15) is 5.26 Å². The van der Waals surface area contributed by atoms with Gasteiger partial charge in [-0.05, 0) is 19.9 Å². The minimum Gasteiger partial charge on any atom is -0.296 e. The fourth-order valence-corrected chi connectivity index (χ4v) is 1.43. The van der Waals surface area contributed by atoms with Crippen molar-refractivity contribution in [3.8, 4) is 6.07 Å². The Bertz CT molecular complexity index is 423. The quantitative estimate of drug-likeness (QED) is 0.621. The maximum atomic E-state index is 10.8. The number of nitro groups is 1. The molecule has 0 aromatic heterocycles. The van der Waals surface area contributed by atoms with E-state index >= 15 is 0 Å². The highest BCUT2D eigenvalue weighted by Gasteiger charge is 2.21. The molecular formula is C11H13N3O2. The largest absolute Gasteiger partial charge is 0.296 e. The molecule has 0 bridgehead atoms. The first-order valence-electron chi connectivity index (χ1n) is 4.95. The summed E-state index contributed by atoms with van der Waals surface area (Å²) in [7, 11) is 0. The van der Waals surface area contributed by atoms with Gasteiger partial charge in [0, 0.05) is 12.1 Å². The number of nitrogens with zero attached hydrogens (tertiary/aromatic N) is 2. The number of nitriles is 1. The molecule has 1 aromatic rings. The molecule has 5 heteroatoms. The van der Waals surface area contributed by atoms with E-state index in [0.29, 0.717) is 5.56 Å². The van der Waals surface area contributed by atoms with Crippen LogP contribution in [0, 0.1) is 21.4 Å². The lowest BCUT2D eigenvalue weighted by molar-refractivity contribution is -0.385. The van der Waals surface area contributed by atoms with Crippen LogP contribution in [0.5, 0.6) is 0 Å². The molecule has 0 aliphatic carbocycles. The number of benzene rings is 1. The van der Waals surface area contributed by atoms with E-state index in [9.17, 15) is 10.1 Å². The first-order valence-corrected chi connectivity index (χ1v) is 4.95. The lowest BCUT2D eigenvalue weighted by Gasteiger charge is -2.14. The molecule has 1 rings (SSSR count). The summed E-state index contributed by atoms with van der Waals surface area (Å²) < 4.78 is 0. The minimum atomic E-state index is -0.651. The van der Waals surface area contributed by atoms with Crippen molar-refractivity contribution in [2.24, 2.45) is 0 Å². The Morgan fingerprint density at radius 1 is 1.44 bits per heavy atom. The van der Waals surface area contributed by atoms with Crippen molar-refractivity contribution in [3.63, 3.8) is 0 Å². The van der Waals surface area contributed by atoms with E-state index in [1.807, 2.05) is 19.9 Å². The third kappa shape index (κ3) is 2.78. The van der Waals surface area contributed by atoms with Gasteiger partial charge in [-0.15, -0.1) is 0 Å². The SMILES string of the molecule is CC(C)NC(C#N)c1ccccc1[N+](=O)[O-]. The topological polar surface area (TPSA) is 79.0 Å². The van der Waals surface area contributed by atoms with Crippen molar-refractivity contribution >= 4 is 5.69 Å². The average Bonchev–Trinajstić information content (AvgIpc) is 2.25. The molecule has 1 N–H and O–H groups in total. The van der Waals surface area contributed by atoms with Crippen molar-refractivity contribution in [3.05, 3.63) is 39.9 Å². The van der Waals surface area contributed by atoms with E-state index in [1.165, 1.54) is 6.07 Å². The van der Waals surface area contributed by atoms with Gasteiger partial charge in [0.1, 0.15) is 6.04 Å². The Kier molecular flexibility index (Phi) is 3.97. The zero-order valence-electron chi connectivity index (χ0n) is 9.18. The molecular weight excluding hydrogens is 206 g/mol. The Morgan fingerprint density at radius 2 is 2.06 bits per heavy atom. The fourth-order valence-electron chi connectivity index (χ4n) is 1.43. The molecule has 16 heavy (non-hydrogen) atoms. The minimum absolute atomic E-state index is 0.0257. The van der Waals surface area contributed by atoms with Crippen LogP contribution < -0.4 is 5.32 Å². The molecule has 5 nitrogen and oxygen atoms in total. The van der Waals surface area contributed by atoms with Gasteiger partial charge in [0.25, 0.3) is 5.69 Å². The van der Waals surface area contributed by atoms with Gasteiger partial charge >= 0.3 is 0 Å². The summed E-state index contributed by atoms with van der Waals surface area (Å²) >= 11 is 0. The van der Waals surface area contributed by atoms with E-state index in [-0.39, 0.29) is 11.7 Å². The molecule has 0 amide bonds. The second-order valence-corrected chi connectivity index (χ2v) is 3.70. The highest BCUT2D eigenvalue weighted by Crippen LogP contribution is 2.24. The van der Waals surface area contributed by atoms with Crippen molar-refractivity contribution < 1.29 is 4.92 Å². The first-order chi connectivity index (χ1) is 7.56. The first kappa shape index (κ1) is 12.1. The Hall–Kier alpha value is -1.93. The molecule has 1 unspecified atom stereocenters. The third-order valence-corrected chi connectivity index (χ3v) is 2.07. The van der Waals surface area contributed by atoms with Crippen LogP contribution in [-0.2, 0) is 0 Å². The molecule has 0 aliphatic rings. The van der Waals surface area contributed by atoms with Gasteiger partial charge in [-0.25, -0.2) is 0 Å². The van der Waals surface area contributed by atoms with Crippen LogP contribution in [-0.4, -0.2) is 11.0 Å². The number of hydrogen-bond donors (Lipinski definition) is 1. The second-order valence-electron chi connectivity index (χ2n) is 3.70. The van der Waals surface area contributed by atoms with Crippen molar-refractivity contribution in [1.29, 1.82) is 5.26 Å².